The lowest BCUT2D eigenvalue weighted by atomic mass is 10.1. The first-order valence-electron chi connectivity index (χ1n) is 6.05. The van der Waals surface area contributed by atoms with Gasteiger partial charge in [0.2, 0.25) is 0 Å². The Morgan fingerprint density at radius 3 is 2.44 bits per heavy atom. The van der Waals surface area contributed by atoms with Crippen molar-refractivity contribution in [1.29, 1.82) is 0 Å². The maximum atomic E-state index is 12.1. The average molecular weight is 260 g/mol. The van der Waals surface area contributed by atoms with Crippen molar-refractivity contribution in [2.24, 2.45) is 0 Å². The van der Waals surface area contributed by atoms with Crippen LogP contribution in [0.2, 0.25) is 0 Å². The molecule has 18 heavy (non-hydrogen) atoms. The second-order valence-corrected chi connectivity index (χ2v) is 4.29. The number of halogens is 3. The van der Waals surface area contributed by atoms with Crippen LogP contribution in [0.3, 0.4) is 0 Å². The maximum Gasteiger partial charge on any atom is 0.389 e. The lowest BCUT2D eigenvalue weighted by Crippen LogP contribution is -2.25. The second-order valence-electron chi connectivity index (χ2n) is 4.29. The summed E-state index contributed by atoms with van der Waals surface area (Å²) < 4.78 is 36.2. The Balaban J connectivity index is 2.45. The van der Waals surface area contributed by atoms with Crippen molar-refractivity contribution < 1.29 is 13.2 Å². The number of anilines is 1. The Bertz CT molecular complexity index is 363. The largest absolute Gasteiger partial charge is 0.398 e. The quantitative estimate of drug-likeness (QED) is 0.794. The van der Waals surface area contributed by atoms with E-state index in [1.54, 1.807) is 6.07 Å². The molecule has 0 saturated carbocycles. The molecular weight excluding hydrogens is 241 g/mol. The molecule has 0 spiro atoms. The number of nitrogen functional groups attached to an aromatic ring is 1. The van der Waals surface area contributed by atoms with E-state index < -0.39 is 12.6 Å². The SMILES string of the molecule is CCN(CCCC(F)(F)F)Cc1ccccc1N. The lowest BCUT2D eigenvalue weighted by molar-refractivity contribution is -0.136. The van der Waals surface area contributed by atoms with E-state index in [1.165, 1.54) is 0 Å². The van der Waals surface area contributed by atoms with Gasteiger partial charge in [0, 0.05) is 18.7 Å². The molecule has 102 valence electrons. The third-order valence-corrected chi connectivity index (χ3v) is 2.83. The Morgan fingerprint density at radius 2 is 1.89 bits per heavy atom. The molecule has 0 aromatic heterocycles. The third kappa shape index (κ3) is 5.40. The van der Waals surface area contributed by atoms with Gasteiger partial charge in [0.25, 0.3) is 0 Å². The van der Waals surface area contributed by atoms with E-state index in [1.807, 2.05) is 30.0 Å². The van der Waals surface area contributed by atoms with Crippen molar-refractivity contribution >= 4 is 5.69 Å². The van der Waals surface area contributed by atoms with Crippen LogP contribution in [0.4, 0.5) is 18.9 Å². The fourth-order valence-electron chi connectivity index (χ4n) is 1.77. The molecule has 0 aliphatic carbocycles. The average Bonchev–Trinajstić information content (AvgIpc) is 2.29. The Kier molecular flexibility index (Phi) is 5.47. The van der Waals surface area contributed by atoms with Crippen LogP contribution in [0.15, 0.2) is 24.3 Å². The minimum absolute atomic E-state index is 0.129. The van der Waals surface area contributed by atoms with Crippen molar-refractivity contribution in [2.75, 3.05) is 18.8 Å². The predicted octanol–water partition coefficient (Wildman–Crippen LogP) is 3.43. The van der Waals surface area contributed by atoms with Gasteiger partial charge in [-0.05, 0) is 31.1 Å². The monoisotopic (exact) mass is 260 g/mol. The number of alkyl halides is 3. The minimum atomic E-state index is -4.06. The summed E-state index contributed by atoms with van der Waals surface area (Å²) in [6, 6.07) is 7.44. The van der Waals surface area contributed by atoms with Crippen LogP contribution < -0.4 is 5.73 Å². The summed E-state index contributed by atoms with van der Waals surface area (Å²) in [5.41, 5.74) is 7.47. The number of rotatable bonds is 6. The van der Waals surface area contributed by atoms with Gasteiger partial charge < -0.3 is 5.73 Å². The molecule has 0 aliphatic heterocycles. The molecule has 0 heterocycles. The smallest absolute Gasteiger partial charge is 0.389 e. The molecule has 0 bridgehead atoms. The number of nitrogens with two attached hydrogens (primary N) is 1. The molecule has 1 aromatic rings. The summed E-state index contributed by atoms with van der Waals surface area (Å²) in [4.78, 5) is 1.97. The van der Waals surface area contributed by atoms with Gasteiger partial charge >= 0.3 is 6.18 Å². The normalized spacial score (nSPS) is 12.1. The van der Waals surface area contributed by atoms with Crippen molar-refractivity contribution in [3.8, 4) is 0 Å². The van der Waals surface area contributed by atoms with E-state index in [-0.39, 0.29) is 6.42 Å². The number of benzene rings is 1. The van der Waals surface area contributed by atoms with E-state index in [9.17, 15) is 13.2 Å². The van der Waals surface area contributed by atoms with Gasteiger partial charge in [0.05, 0.1) is 0 Å². The highest BCUT2D eigenvalue weighted by molar-refractivity contribution is 5.46. The molecule has 1 rings (SSSR count). The molecule has 0 aliphatic rings. The number of para-hydroxylation sites is 1. The summed E-state index contributed by atoms with van der Waals surface area (Å²) in [6.45, 7) is 3.68. The van der Waals surface area contributed by atoms with Crippen molar-refractivity contribution in [3.63, 3.8) is 0 Å². The van der Waals surface area contributed by atoms with E-state index in [0.717, 1.165) is 5.56 Å². The topological polar surface area (TPSA) is 29.3 Å². The van der Waals surface area contributed by atoms with E-state index in [0.29, 0.717) is 25.3 Å². The molecular formula is C13H19F3N2. The van der Waals surface area contributed by atoms with Crippen LogP contribution in [-0.4, -0.2) is 24.2 Å². The predicted molar refractivity (Wildman–Crippen MR) is 67.1 cm³/mol. The molecule has 2 nitrogen and oxygen atoms in total. The Hall–Kier alpha value is -1.23. The second kappa shape index (κ2) is 6.64. The third-order valence-electron chi connectivity index (χ3n) is 2.83. The first-order valence-corrected chi connectivity index (χ1v) is 6.05. The van der Waals surface area contributed by atoms with Crippen LogP contribution in [-0.2, 0) is 6.54 Å². The molecule has 0 saturated heterocycles. The first-order chi connectivity index (χ1) is 8.42. The molecule has 5 heteroatoms. The van der Waals surface area contributed by atoms with Crippen molar-refractivity contribution in [3.05, 3.63) is 29.8 Å². The van der Waals surface area contributed by atoms with Gasteiger partial charge in [-0.25, -0.2) is 0 Å². The minimum Gasteiger partial charge on any atom is -0.398 e. The summed E-state index contributed by atoms with van der Waals surface area (Å²) in [6.07, 6.45) is -4.66. The van der Waals surface area contributed by atoms with E-state index in [2.05, 4.69) is 0 Å². The summed E-state index contributed by atoms with van der Waals surface area (Å²) >= 11 is 0. The highest BCUT2D eigenvalue weighted by atomic mass is 19.4. The Labute approximate surface area is 106 Å². The van der Waals surface area contributed by atoms with Crippen molar-refractivity contribution in [2.45, 2.75) is 32.5 Å². The van der Waals surface area contributed by atoms with Crippen LogP contribution in [0.5, 0.6) is 0 Å². The molecule has 1 aromatic carbocycles. The van der Waals surface area contributed by atoms with E-state index in [4.69, 9.17) is 5.73 Å². The number of hydrogen-bond acceptors (Lipinski definition) is 2. The van der Waals surface area contributed by atoms with Gasteiger partial charge in [0.1, 0.15) is 0 Å². The highest BCUT2D eigenvalue weighted by Crippen LogP contribution is 2.22. The van der Waals surface area contributed by atoms with Gasteiger partial charge in [-0.15, -0.1) is 0 Å². The van der Waals surface area contributed by atoms with Gasteiger partial charge in [-0.2, -0.15) is 13.2 Å². The van der Waals surface area contributed by atoms with Gasteiger partial charge in [-0.1, -0.05) is 25.1 Å². The summed E-state index contributed by atoms with van der Waals surface area (Å²) in [7, 11) is 0. The standard InChI is InChI=1S/C13H19F3N2/c1-2-18(9-5-8-13(14,15)16)10-11-6-3-4-7-12(11)17/h3-4,6-7H,2,5,8-10,17H2,1H3. The molecule has 2 N–H and O–H groups in total. The van der Waals surface area contributed by atoms with Crippen LogP contribution >= 0.6 is 0 Å². The lowest BCUT2D eigenvalue weighted by Gasteiger charge is -2.21. The molecule has 0 fully saturated rings. The molecule has 0 unspecified atom stereocenters. The number of nitrogens with zero attached hydrogens (tertiary/aromatic N) is 1. The molecule has 0 radical (unpaired) electrons. The molecule has 0 atom stereocenters. The summed E-state index contributed by atoms with van der Waals surface area (Å²) in [5.74, 6) is 0. The van der Waals surface area contributed by atoms with Gasteiger partial charge in [-0.3, -0.25) is 4.90 Å². The van der Waals surface area contributed by atoms with Crippen LogP contribution in [0.25, 0.3) is 0 Å². The highest BCUT2D eigenvalue weighted by Gasteiger charge is 2.26. The zero-order chi connectivity index (χ0) is 13.6. The Morgan fingerprint density at radius 1 is 1.22 bits per heavy atom. The van der Waals surface area contributed by atoms with Crippen LogP contribution in [0, 0.1) is 0 Å². The van der Waals surface area contributed by atoms with Crippen LogP contribution in [0.1, 0.15) is 25.3 Å². The fraction of sp³-hybridized carbons (Fsp3) is 0.538. The van der Waals surface area contributed by atoms with Gasteiger partial charge in [0.15, 0.2) is 0 Å². The zero-order valence-electron chi connectivity index (χ0n) is 10.5. The number of hydrogen-bond donors (Lipinski definition) is 1. The maximum absolute atomic E-state index is 12.1. The zero-order valence-corrected chi connectivity index (χ0v) is 10.5. The first kappa shape index (κ1) is 14.8. The molecule has 0 amide bonds. The fourth-order valence-corrected chi connectivity index (χ4v) is 1.77. The van der Waals surface area contributed by atoms with E-state index >= 15 is 0 Å². The summed E-state index contributed by atoms with van der Waals surface area (Å²) in [5, 5.41) is 0. The van der Waals surface area contributed by atoms with Crippen molar-refractivity contribution in [1.82, 2.24) is 4.90 Å².